The summed E-state index contributed by atoms with van der Waals surface area (Å²) in [6.45, 7) is -0.212. The zero-order valence-electron chi connectivity index (χ0n) is 18.3. The first-order valence-corrected chi connectivity index (χ1v) is 10.8. The van der Waals surface area contributed by atoms with Crippen molar-refractivity contribution in [2.24, 2.45) is 4.99 Å². The lowest BCUT2D eigenvalue weighted by Gasteiger charge is -2.29. The molecule has 0 saturated heterocycles. The van der Waals surface area contributed by atoms with Gasteiger partial charge in [0.15, 0.2) is 0 Å². The minimum absolute atomic E-state index is 0.0601. The Balaban J connectivity index is 1.79. The summed E-state index contributed by atoms with van der Waals surface area (Å²) in [5.74, 6) is -2.28. The van der Waals surface area contributed by atoms with Crippen molar-refractivity contribution in [3.63, 3.8) is 0 Å². The number of nitrogens with one attached hydrogen (secondary N) is 1. The van der Waals surface area contributed by atoms with E-state index in [1.807, 2.05) is 5.32 Å². The van der Waals surface area contributed by atoms with E-state index in [4.69, 9.17) is 16.3 Å². The summed E-state index contributed by atoms with van der Waals surface area (Å²) in [4.78, 5) is 31.0. The van der Waals surface area contributed by atoms with Gasteiger partial charge in [0.2, 0.25) is 0 Å². The summed E-state index contributed by atoms with van der Waals surface area (Å²) in [6, 6.07) is 20.1. The maximum absolute atomic E-state index is 14.5. The highest BCUT2D eigenvalue weighted by Gasteiger charge is 2.67. The number of ether oxygens (including phenoxy) is 1. The van der Waals surface area contributed by atoms with Crippen molar-refractivity contribution in [3.8, 4) is 5.75 Å². The van der Waals surface area contributed by atoms with Crippen molar-refractivity contribution in [1.82, 2.24) is 10.2 Å². The molecule has 10 heteroatoms. The standard InChI is InChI=1S/C25H19ClF3N3O3/c1-35-18-13-11-16(12-14-18)15-32-21(17-7-3-2-4-8-17)30-24(23(32)34,25(27,28)29)31-22(33)19-9-5-6-10-20(19)26/h2-14H,15H2,1H3,(H,31,33). The molecule has 2 amide bonds. The number of methoxy groups -OCH3 is 1. The molecular weight excluding hydrogens is 483 g/mol. The summed E-state index contributed by atoms with van der Waals surface area (Å²) in [5, 5.41) is 1.77. The van der Waals surface area contributed by atoms with Crippen molar-refractivity contribution in [1.29, 1.82) is 0 Å². The van der Waals surface area contributed by atoms with Gasteiger partial charge in [-0.3, -0.25) is 14.5 Å². The second kappa shape index (κ2) is 9.42. The Kier molecular flexibility index (Phi) is 6.53. The molecule has 0 fully saturated rings. The molecule has 1 atom stereocenters. The number of hydrogen-bond acceptors (Lipinski definition) is 4. The number of nitrogens with zero attached hydrogens (tertiary/aromatic N) is 2. The zero-order chi connectivity index (χ0) is 25.2. The molecule has 3 aromatic carbocycles. The zero-order valence-corrected chi connectivity index (χ0v) is 19.1. The van der Waals surface area contributed by atoms with Gasteiger partial charge < -0.3 is 10.1 Å². The van der Waals surface area contributed by atoms with Crippen LogP contribution in [0.2, 0.25) is 5.02 Å². The van der Waals surface area contributed by atoms with E-state index in [2.05, 4.69) is 4.99 Å². The van der Waals surface area contributed by atoms with Crippen LogP contribution in [0.15, 0.2) is 83.9 Å². The molecule has 0 radical (unpaired) electrons. The van der Waals surface area contributed by atoms with E-state index in [0.717, 1.165) is 4.90 Å². The number of amides is 2. The Morgan fingerprint density at radius 2 is 1.66 bits per heavy atom. The molecule has 1 unspecified atom stereocenters. The van der Waals surface area contributed by atoms with Crippen LogP contribution in [0.1, 0.15) is 21.5 Å². The van der Waals surface area contributed by atoms with Crippen molar-refractivity contribution in [3.05, 3.63) is 101 Å². The number of alkyl halides is 3. The van der Waals surface area contributed by atoms with Gasteiger partial charge in [0.1, 0.15) is 11.6 Å². The van der Waals surface area contributed by atoms with Gasteiger partial charge in [-0.05, 0) is 29.8 Å². The maximum atomic E-state index is 14.5. The highest BCUT2D eigenvalue weighted by atomic mass is 35.5. The number of rotatable bonds is 6. The van der Waals surface area contributed by atoms with Gasteiger partial charge in [0, 0.05) is 5.56 Å². The molecule has 180 valence electrons. The van der Waals surface area contributed by atoms with Crippen LogP contribution in [0.4, 0.5) is 13.2 Å². The Bertz CT molecular complexity index is 1280. The van der Waals surface area contributed by atoms with Gasteiger partial charge in [-0.2, -0.15) is 13.2 Å². The topological polar surface area (TPSA) is 71.0 Å². The number of halogens is 4. The predicted molar refractivity (Wildman–Crippen MR) is 124 cm³/mol. The summed E-state index contributed by atoms with van der Waals surface area (Å²) in [7, 11) is 1.48. The monoisotopic (exact) mass is 501 g/mol. The predicted octanol–water partition coefficient (Wildman–Crippen LogP) is 4.83. The van der Waals surface area contributed by atoms with E-state index in [1.54, 1.807) is 42.5 Å². The van der Waals surface area contributed by atoms with Gasteiger partial charge in [0.25, 0.3) is 11.8 Å². The van der Waals surface area contributed by atoms with Gasteiger partial charge in [-0.15, -0.1) is 0 Å². The Morgan fingerprint density at radius 1 is 1.03 bits per heavy atom. The molecule has 0 spiro atoms. The van der Waals surface area contributed by atoms with E-state index in [0.29, 0.717) is 11.3 Å². The SMILES string of the molecule is COc1ccc(CN2C(=O)C(NC(=O)c3ccccc3Cl)(C(F)(F)F)N=C2c2ccccc2)cc1. The van der Waals surface area contributed by atoms with Crippen LogP contribution in [0.5, 0.6) is 5.75 Å². The quantitative estimate of drug-likeness (QED) is 0.526. The molecule has 0 saturated carbocycles. The van der Waals surface area contributed by atoms with E-state index >= 15 is 0 Å². The fraction of sp³-hybridized carbons (Fsp3) is 0.160. The van der Waals surface area contributed by atoms with Gasteiger partial charge in [0.05, 0.1) is 24.2 Å². The first-order valence-electron chi connectivity index (χ1n) is 10.4. The summed E-state index contributed by atoms with van der Waals surface area (Å²) in [5.41, 5.74) is -2.91. The van der Waals surface area contributed by atoms with Crippen LogP contribution in [0.3, 0.4) is 0 Å². The van der Waals surface area contributed by atoms with Crippen molar-refractivity contribution in [2.75, 3.05) is 7.11 Å². The lowest BCUT2D eigenvalue weighted by atomic mass is 10.1. The smallest absolute Gasteiger partial charge is 0.442 e. The first kappa shape index (κ1) is 24.3. The fourth-order valence-electron chi connectivity index (χ4n) is 3.64. The Morgan fingerprint density at radius 3 is 2.26 bits per heavy atom. The van der Waals surface area contributed by atoms with Crippen LogP contribution in [-0.2, 0) is 11.3 Å². The molecule has 6 nitrogen and oxygen atoms in total. The molecule has 35 heavy (non-hydrogen) atoms. The molecule has 4 rings (SSSR count). The first-order chi connectivity index (χ1) is 16.7. The van der Waals surface area contributed by atoms with Crippen LogP contribution >= 0.6 is 11.6 Å². The Hall–Kier alpha value is -3.85. The third-order valence-electron chi connectivity index (χ3n) is 5.44. The molecule has 0 bridgehead atoms. The van der Waals surface area contributed by atoms with Crippen molar-refractivity contribution >= 4 is 29.3 Å². The lowest BCUT2D eigenvalue weighted by molar-refractivity contribution is -0.196. The fourth-order valence-corrected chi connectivity index (χ4v) is 3.86. The molecule has 1 aliphatic rings. The molecule has 0 aliphatic carbocycles. The summed E-state index contributed by atoms with van der Waals surface area (Å²) in [6.07, 6.45) is -5.24. The number of carbonyl (C=O) groups is 2. The number of benzene rings is 3. The van der Waals surface area contributed by atoms with Gasteiger partial charge >= 0.3 is 11.8 Å². The van der Waals surface area contributed by atoms with Crippen LogP contribution in [-0.4, -0.2) is 41.5 Å². The van der Waals surface area contributed by atoms with Crippen molar-refractivity contribution < 1.29 is 27.5 Å². The molecule has 1 N–H and O–H groups in total. The third kappa shape index (κ3) is 4.59. The van der Waals surface area contributed by atoms with E-state index in [1.165, 1.54) is 43.5 Å². The number of carbonyl (C=O) groups excluding carboxylic acids is 2. The average molecular weight is 502 g/mol. The molecule has 1 aliphatic heterocycles. The second-order valence-corrected chi connectivity index (χ2v) is 8.09. The van der Waals surface area contributed by atoms with Crippen LogP contribution in [0, 0.1) is 0 Å². The van der Waals surface area contributed by atoms with E-state index < -0.39 is 23.7 Å². The minimum atomic E-state index is -5.24. The number of hydrogen-bond donors (Lipinski definition) is 1. The average Bonchev–Trinajstić information content (AvgIpc) is 3.12. The number of amidine groups is 1. The summed E-state index contributed by atoms with van der Waals surface area (Å²) < 4.78 is 48.7. The van der Waals surface area contributed by atoms with E-state index in [-0.39, 0.29) is 28.5 Å². The summed E-state index contributed by atoms with van der Waals surface area (Å²) >= 11 is 6.00. The van der Waals surface area contributed by atoms with Gasteiger partial charge in [-0.25, -0.2) is 4.99 Å². The Labute approximate surface area is 204 Å². The molecule has 1 heterocycles. The normalized spacial score (nSPS) is 17.8. The largest absolute Gasteiger partial charge is 0.497 e. The molecular formula is C25H19ClF3N3O3. The van der Waals surface area contributed by atoms with Crippen molar-refractivity contribution in [2.45, 2.75) is 18.4 Å². The molecule has 0 aromatic heterocycles. The van der Waals surface area contributed by atoms with E-state index in [9.17, 15) is 22.8 Å². The second-order valence-electron chi connectivity index (χ2n) is 7.68. The van der Waals surface area contributed by atoms with Gasteiger partial charge in [-0.1, -0.05) is 66.2 Å². The third-order valence-corrected chi connectivity index (χ3v) is 5.77. The minimum Gasteiger partial charge on any atom is -0.497 e. The molecule has 3 aromatic rings. The highest BCUT2D eigenvalue weighted by Crippen LogP contribution is 2.39. The highest BCUT2D eigenvalue weighted by molar-refractivity contribution is 6.34. The maximum Gasteiger partial charge on any atom is 0.442 e. The van der Waals surface area contributed by atoms with Crippen LogP contribution in [0.25, 0.3) is 0 Å². The lowest BCUT2D eigenvalue weighted by Crippen LogP contribution is -2.63. The van der Waals surface area contributed by atoms with Crippen LogP contribution < -0.4 is 10.1 Å². The number of aliphatic imine (C=N–C) groups is 1.